The van der Waals surface area contributed by atoms with E-state index in [-0.39, 0.29) is 11.5 Å². The van der Waals surface area contributed by atoms with E-state index < -0.39 is 0 Å². The summed E-state index contributed by atoms with van der Waals surface area (Å²) >= 11 is 1.38. The van der Waals surface area contributed by atoms with Crippen LogP contribution in [0.3, 0.4) is 0 Å². The van der Waals surface area contributed by atoms with Crippen LogP contribution in [-0.2, 0) is 6.54 Å². The highest BCUT2D eigenvalue weighted by molar-refractivity contribution is 7.99. The van der Waals surface area contributed by atoms with Crippen molar-refractivity contribution in [1.82, 2.24) is 14.8 Å². The first-order valence-electron chi connectivity index (χ1n) is 11.1. The predicted octanol–water partition coefficient (Wildman–Crippen LogP) is 4.39. The Labute approximate surface area is 198 Å². The normalized spacial score (nSPS) is 18.4. The molecule has 2 aromatic heterocycles. The average molecular weight is 471 g/mol. The maximum atomic E-state index is 12.9. The van der Waals surface area contributed by atoms with Crippen LogP contribution >= 0.6 is 11.8 Å². The van der Waals surface area contributed by atoms with Crippen molar-refractivity contribution in [2.24, 2.45) is 11.8 Å². The van der Waals surface area contributed by atoms with E-state index in [0.717, 1.165) is 24.8 Å². The number of piperidine rings is 1. The zero-order valence-corrected chi connectivity index (χ0v) is 20.3. The lowest BCUT2D eigenvalue weighted by atomic mass is 9.92. The van der Waals surface area contributed by atoms with Gasteiger partial charge in [0, 0.05) is 18.7 Å². The number of methoxy groups -OCH3 is 2. The standard InChI is InChI=1S/C24H30N4O4S/c1-16-10-17(2)13-27(12-16)23-25-26-24(28(23)14-19-6-5-9-32-19)33-15-20(29)18-7-8-21(30-3)22(11-18)31-4/h5-9,11,16-17H,10,12-15H2,1-4H3. The number of hydrogen-bond acceptors (Lipinski definition) is 8. The molecule has 0 radical (unpaired) electrons. The fourth-order valence-corrected chi connectivity index (χ4v) is 5.20. The number of carbonyl (C=O) groups is 1. The number of ether oxygens (including phenoxy) is 2. The number of anilines is 1. The largest absolute Gasteiger partial charge is 0.493 e. The van der Waals surface area contributed by atoms with Crippen molar-refractivity contribution in [3.8, 4) is 11.5 Å². The number of nitrogens with zero attached hydrogens (tertiary/aromatic N) is 4. The van der Waals surface area contributed by atoms with Crippen LogP contribution in [0.2, 0.25) is 0 Å². The minimum atomic E-state index is -0.0183. The third kappa shape index (κ3) is 5.35. The SMILES string of the molecule is COc1ccc(C(=O)CSc2nnc(N3CC(C)CC(C)C3)n2Cc2ccco2)cc1OC. The number of Topliss-reactive ketones (excluding diaryl/α,β-unsaturated/α-hetero) is 1. The first-order valence-corrected chi connectivity index (χ1v) is 12.1. The second-order valence-electron chi connectivity index (χ2n) is 8.58. The van der Waals surface area contributed by atoms with Crippen LogP contribution < -0.4 is 14.4 Å². The molecule has 33 heavy (non-hydrogen) atoms. The zero-order chi connectivity index (χ0) is 23.4. The van der Waals surface area contributed by atoms with E-state index >= 15 is 0 Å². The van der Waals surface area contributed by atoms with Gasteiger partial charge in [-0.05, 0) is 48.6 Å². The van der Waals surface area contributed by atoms with Gasteiger partial charge >= 0.3 is 0 Å². The van der Waals surface area contributed by atoms with Gasteiger partial charge in [0.2, 0.25) is 5.95 Å². The minimum absolute atomic E-state index is 0.0183. The Bertz CT molecular complexity index is 1070. The third-order valence-electron chi connectivity index (χ3n) is 5.78. The van der Waals surface area contributed by atoms with Crippen LogP contribution in [0.1, 0.15) is 36.4 Å². The molecule has 1 aliphatic rings. The molecule has 1 aromatic carbocycles. The van der Waals surface area contributed by atoms with Crippen molar-refractivity contribution in [2.45, 2.75) is 32.0 Å². The maximum Gasteiger partial charge on any atom is 0.228 e. The van der Waals surface area contributed by atoms with Gasteiger partial charge in [0.25, 0.3) is 0 Å². The monoisotopic (exact) mass is 470 g/mol. The lowest BCUT2D eigenvalue weighted by molar-refractivity contribution is 0.102. The summed E-state index contributed by atoms with van der Waals surface area (Å²) in [5.41, 5.74) is 0.566. The quantitative estimate of drug-likeness (QED) is 0.336. The molecule has 2 atom stereocenters. The molecule has 0 amide bonds. The van der Waals surface area contributed by atoms with Crippen LogP contribution in [0.4, 0.5) is 5.95 Å². The van der Waals surface area contributed by atoms with Gasteiger partial charge in [-0.1, -0.05) is 25.6 Å². The van der Waals surface area contributed by atoms with Crippen LogP contribution in [0, 0.1) is 11.8 Å². The van der Waals surface area contributed by atoms with Crippen LogP contribution in [0.25, 0.3) is 0 Å². The van der Waals surface area contributed by atoms with Crippen LogP contribution in [0.5, 0.6) is 11.5 Å². The van der Waals surface area contributed by atoms with Gasteiger partial charge in [0.1, 0.15) is 5.76 Å². The zero-order valence-electron chi connectivity index (χ0n) is 19.5. The molecule has 1 fully saturated rings. The molecule has 4 rings (SSSR count). The second kappa shape index (κ2) is 10.3. The summed E-state index contributed by atoms with van der Waals surface area (Å²) in [6.45, 7) is 6.94. The van der Waals surface area contributed by atoms with Gasteiger partial charge in [0.05, 0.1) is 32.8 Å². The number of carbonyl (C=O) groups excluding carboxylic acids is 1. The highest BCUT2D eigenvalue weighted by Gasteiger charge is 2.27. The Kier molecular flexibility index (Phi) is 7.27. The molecule has 9 heteroatoms. The van der Waals surface area contributed by atoms with Crippen LogP contribution in [-0.4, -0.2) is 53.6 Å². The van der Waals surface area contributed by atoms with Crippen LogP contribution in [0.15, 0.2) is 46.2 Å². The number of rotatable bonds is 9. The summed E-state index contributed by atoms with van der Waals surface area (Å²) in [5.74, 6) is 4.16. The average Bonchev–Trinajstić information content (AvgIpc) is 3.46. The highest BCUT2D eigenvalue weighted by Crippen LogP contribution is 2.31. The van der Waals surface area contributed by atoms with E-state index in [1.54, 1.807) is 38.7 Å². The van der Waals surface area contributed by atoms with Gasteiger partial charge < -0.3 is 18.8 Å². The first-order chi connectivity index (χ1) is 16.0. The summed E-state index contributed by atoms with van der Waals surface area (Å²) in [7, 11) is 3.13. The van der Waals surface area contributed by atoms with E-state index in [9.17, 15) is 4.79 Å². The number of thioether (sulfide) groups is 1. The van der Waals surface area contributed by atoms with Gasteiger partial charge in [0.15, 0.2) is 22.4 Å². The molecule has 176 valence electrons. The summed E-state index contributed by atoms with van der Waals surface area (Å²) in [4.78, 5) is 15.2. The number of hydrogen-bond donors (Lipinski definition) is 0. The molecule has 0 aliphatic carbocycles. The molecule has 3 aromatic rings. The molecular formula is C24H30N4O4S. The molecule has 0 saturated carbocycles. The Hall–Kier alpha value is -2.94. The molecule has 1 aliphatic heterocycles. The van der Waals surface area contributed by atoms with Crippen molar-refractivity contribution in [2.75, 3.05) is 38.0 Å². The number of aromatic nitrogens is 3. The second-order valence-corrected chi connectivity index (χ2v) is 9.52. The summed E-state index contributed by atoms with van der Waals surface area (Å²) in [6, 6.07) is 9.01. The smallest absolute Gasteiger partial charge is 0.228 e. The van der Waals surface area contributed by atoms with E-state index in [2.05, 4.69) is 33.5 Å². The number of furan rings is 1. The lowest BCUT2D eigenvalue weighted by Gasteiger charge is -2.35. The van der Waals surface area contributed by atoms with E-state index in [1.807, 2.05) is 12.1 Å². The van der Waals surface area contributed by atoms with E-state index in [4.69, 9.17) is 13.9 Å². The summed E-state index contributed by atoms with van der Waals surface area (Å²) < 4.78 is 18.2. The maximum absolute atomic E-state index is 12.9. The van der Waals surface area contributed by atoms with Crippen molar-refractivity contribution in [3.05, 3.63) is 47.9 Å². The Morgan fingerprint density at radius 3 is 2.55 bits per heavy atom. The predicted molar refractivity (Wildman–Crippen MR) is 128 cm³/mol. The van der Waals surface area contributed by atoms with Gasteiger partial charge in [-0.2, -0.15) is 0 Å². The van der Waals surface area contributed by atoms with Crippen molar-refractivity contribution < 1.29 is 18.7 Å². The van der Waals surface area contributed by atoms with Crippen molar-refractivity contribution >= 4 is 23.5 Å². The van der Waals surface area contributed by atoms with Crippen molar-refractivity contribution in [3.63, 3.8) is 0 Å². The first kappa shape index (κ1) is 23.2. The number of ketones is 1. The van der Waals surface area contributed by atoms with Gasteiger partial charge in [-0.3, -0.25) is 9.36 Å². The van der Waals surface area contributed by atoms with E-state index in [0.29, 0.717) is 40.6 Å². The van der Waals surface area contributed by atoms with Gasteiger partial charge in [-0.25, -0.2) is 0 Å². The topological polar surface area (TPSA) is 82.6 Å². The Morgan fingerprint density at radius 2 is 1.88 bits per heavy atom. The third-order valence-corrected chi connectivity index (χ3v) is 6.75. The van der Waals surface area contributed by atoms with E-state index in [1.165, 1.54) is 18.2 Å². The fourth-order valence-electron chi connectivity index (χ4n) is 4.37. The fraction of sp³-hybridized carbons (Fsp3) is 0.458. The molecule has 0 spiro atoms. The molecule has 2 unspecified atom stereocenters. The van der Waals surface area contributed by atoms with Gasteiger partial charge in [-0.15, -0.1) is 10.2 Å². The summed E-state index contributed by atoms with van der Waals surface area (Å²) in [5, 5.41) is 9.66. The molecule has 0 bridgehead atoms. The molecular weight excluding hydrogens is 440 g/mol. The summed E-state index contributed by atoms with van der Waals surface area (Å²) in [6.07, 6.45) is 2.88. The minimum Gasteiger partial charge on any atom is -0.493 e. The molecule has 8 nitrogen and oxygen atoms in total. The van der Waals surface area contributed by atoms with Crippen molar-refractivity contribution in [1.29, 1.82) is 0 Å². The highest BCUT2D eigenvalue weighted by atomic mass is 32.2. The Morgan fingerprint density at radius 1 is 1.12 bits per heavy atom. The Balaban J connectivity index is 1.54. The number of benzene rings is 1. The molecule has 1 saturated heterocycles. The molecule has 0 N–H and O–H groups in total. The lowest BCUT2D eigenvalue weighted by Crippen LogP contribution is -2.40. The molecule has 3 heterocycles.